The van der Waals surface area contributed by atoms with Gasteiger partial charge in [0.15, 0.2) is 0 Å². The van der Waals surface area contributed by atoms with Crippen LogP contribution >= 0.6 is 11.6 Å². The number of nitrogens with one attached hydrogen (secondary N) is 1. The van der Waals surface area contributed by atoms with Crippen LogP contribution in [0.15, 0.2) is 18.2 Å². The Hall–Kier alpha value is -1.20. The molecule has 2 rings (SSSR count). The Kier molecular flexibility index (Phi) is 3.91. The molecule has 2 atom stereocenters. The van der Waals surface area contributed by atoms with Crippen molar-refractivity contribution < 1.29 is 0 Å². The van der Waals surface area contributed by atoms with E-state index in [1.165, 1.54) is 25.7 Å². The second-order valence-corrected chi connectivity index (χ2v) is 5.06. The highest BCUT2D eigenvalue weighted by Gasteiger charge is 2.25. The zero-order valence-corrected chi connectivity index (χ0v) is 10.8. The Morgan fingerprint density at radius 1 is 1.47 bits per heavy atom. The van der Waals surface area contributed by atoms with Crippen LogP contribution in [0.1, 0.15) is 38.2 Å². The van der Waals surface area contributed by atoms with Crippen molar-refractivity contribution in [1.29, 1.82) is 5.26 Å². The molecule has 0 aliphatic heterocycles. The van der Waals surface area contributed by atoms with Crippen LogP contribution in [-0.2, 0) is 0 Å². The lowest BCUT2D eigenvalue weighted by molar-refractivity contribution is 0.489. The van der Waals surface area contributed by atoms with E-state index in [-0.39, 0.29) is 0 Å². The molecule has 1 aliphatic rings. The second-order valence-electron chi connectivity index (χ2n) is 4.66. The van der Waals surface area contributed by atoms with Gasteiger partial charge in [-0.25, -0.2) is 0 Å². The van der Waals surface area contributed by atoms with Gasteiger partial charge in [0.05, 0.1) is 10.6 Å². The van der Waals surface area contributed by atoms with Crippen molar-refractivity contribution >= 4 is 17.3 Å². The lowest BCUT2D eigenvalue weighted by atomic mass is 10.0. The van der Waals surface area contributed by atoms with Gasteiger partial charge < -0.3 is 5.32 Å². The summed E-state index contributed by atoms with van der Waals surface area (Å²) in [4.78, 5) is 0. The topological polar surface area (TPSA) is 35.8 Å². The van der Waals surface area contributed by atoms with E-state index in [0.29, 0.717) is 16.6 Å². The van der Waals surface area contributed by atoms with E-state index in [1.54, 1.807) is 6.07 Å². The summed E-state index contributed by atoms with van der Waals surface area (Å²) in [6, 6.07) is 8.25. The lowest BCUT2D eigenvalue weighted by Crippen LogP contribution is -2.23. The summed E-state index contributed by atoms with van der Waals surface area (Å²) in [6.07, 6.45) is 5.06. The van der Waals surface area contributed by atoms with Crippen molar-refractivity contribution in [1.82, 2.24) is 0 Å². The van der Waals surface area contributed by atoms with E-state index in [1.807, 2.05) is 12.1 Å². The molecule has 1 N–H and O–H groups in total. The average Bonchev–Trinajstić information content (AvgIpc) is 2.79. The number of rotatable bonds is 3. The van der Waals surface area contributed by atoms with Crippen LogP contribution in [0.4, 0.5) is 5.69 Å². The van der Waals surface area contributed by atoms with E-state index in [0.717, 1.165) is 11.6 Å². The van der Waals surface area contributed by atoms with Gasteiger partial charge in [0.2, 0.25) is 0 Å². The summed E-state index contributed by atoms with van der Waals surface area (Å²) in [5.74, 6) is 0.760. The highest BCUT2D eigenvalue weighted by atomic mass is 35.5. The van der Waals surface area contributed by atoms with Crippen LogP contribution in [0.5, 0.6) is 0 Å². The van der Waals surface area contributed by atoms with E-state index >= 15 is 0 Å². The Morgan fingerprint density at radius 3 is 3.00 bits per heavy atom. The second kappa shape index (κ2) is 5.42. The zero-order chi connectivity index (χ0) is 12.3. The summed E-state index contributed by atoms with van der Waals surface area (Å²) in [5.41, 5.74) is 1.55. The Balaban J connectivity index is 2.11. The molecule has 3 heteroatoms. The smallest absolute Gasteiger partial charge is 0.101 e. The number of nitrogens with zero attached hydrogens (tertiary/aromatic N) is 1. The van der Waals surface area contributed by atoms with Gasteiger partial charge in [-0.15, -0.1) is 0 Å². The monoisotopic (exact) mass is 248 g/mol. The number of nitriles is 1. The maximum Gasteiger partial charge on any atom is 0.101 e. The van der Waals surface area contributed by atoms with Crippen LogP contribution < -0.4 is 5.32 Å². The largest absolute Gasteiger partial charge is 0.382 e. The normalized spacial score (nSPS) is 23.4. The van der Waals surface area contributed by atoms with Gasteiger partial charge in [-0.1, -0.05) is 31.4 Å². The van der Waals surface area contributed by atoms with E-state index in [4.69, 9.17) is 16.9 Å². The summed E-state index contributed by atoms with van der Waals surface area (Å²) >= 11 is 5.92. The molecule has 0 spiro atoms. The highest BCUT2D eigenvalue weighted by molar-refractivity contribution is 6.31. The summed E-state index contributed by atoms with van der Waals surface area (Å²) in [5, 5.41) is 13.0. The SMILES string of the molecule is CCC1CCCC1Nc1ccc(Cl)c(C#N)c1. The van der Waals surface area contributed by atoms with Crippen LogP contribution in [0.25, 0.3) is 0 Å². The number of benzene rings is 1. The van der Waals surface area contributed by atoms with Gasteiger partial charge in [0, 0.05) is 11.7 Å². The Morgan fingerprint density at radius 2 is 2.29 bits per heavy atom. The fourth-order valence-corrected chi connectivity index (χ4v) is 2.79. The quantitative estimate of drug-likeness (QED) is 0.870. The van der Waals surface area contributed by atoms with Crippen LogP contribution in [0.2, 0.25) is 5.02 Å². The van der Waals surface area contributed by atoms with Crippen LogP contribution in [0, 0.1) is 17.2 Å². The lowest BCUT2D eigenvalue weighted by Gasteiger charge is -2.21. The first-order valence-electron chi connectivity index (χ1n) is 6.20. The van der Waals surface area contributed by atoms with Crippen LogP contribution in [-0.4, -0.2) is 6.04 Å². The molecule has 90 valence electrons. The van der Waals surface area contributed by atoms with Crippen molar-refractivity contribution in [3.8, 4) is 6.07 Å². The van der Waals surface area contributed by atoms with E-state index in [2.05, 4.69) is 18.3 Å². The van der Waals surface area contributed by atoms with Gasteiger partial charge >= 0.3 is 0 Å². The number of halogens is 1. The maximum atomic E-state index is 8.94. The number of hydrogen-bond donors (Lipinski definition) is 1. The molecule has 0 amide bonds. The van der Waals surface area contributed by atoms with Crippen LogP contribution in [0.3, 0.4) is 0 Å². The zero-order valence-electron chi connectivity index (χ0n) is 10.0. The molecule has 1 aliphatic carbocycles. The van der Waals surface area contributed by atoms with Crippen molar-refractivity contribution in [3.63, 3.8) is 0 Å². The molecule has 2 nitrogen and oxygen atoms in total. The molecule has 1 aromatic rings. The van der Waals surface area contributed by atoms with E-state index in [9.17, 15) is 0 Å². The minimum atomic E-state index is 0.525. The van der Waals surface area contributed by atoms with Gasteiger partial charge in [0.1, 0.15) is 6.07 Å². The molecule has 1 saturated carbocycles. The molecular formula is C14H17ClN2. The third-order valence-electron chi connectivity index (χ3n) is 3.62. The standard InChI is InChI=1S/C14H17ClN2/c1-2-10-4-3-5-14(10)17-12-6-7-13(15)11(8-12)9-16/h6-8,10,14,17H,2-5H2,1H3. The van der Waals surface area contributed by atoms with E-state index < -0.39 is 0 Å². The third-order valence-corrected chi connectivity index (χ3v) is 3.95. The molecule has 0 saturated heterocycles. The summed E-state index contributed by atoms with van der Waals surface area (Å²) in [6.45, 7) is 2.24. The highest BCUT2D eigenvalue weighted by Crippen LogP contribution is 2.31. The Bertz CT molecular complexity index is 436. The molecule has 0 heterocycles. The van der Waals surface area contributed by atoms with Crippen molar-refractivity contribution in [2.24, 2.45) is 5.92 Å². The first-order valence-corrected chi connectivity index (χ1v) is 6.58. The first-order chi connectivity index (χ1) is 8.24. The minimum Gasteiger partial charge on any atom is -0.382 e. The maximum absolute atomic E-state index is 8.94. The fourth-order valence-electron chi connectivity index (χ4n) is 2.63. The molecule has 0 bridgehead atoms. The molecule has 1 fully saturated rings. The summed E-state index contributed by atoms with van der Waals surface area (Å²) < 4.78 is 0. The average molecular weight is 249 g/mol. The van der Waals surface area contributed by atoms with Gasteiger partial charge in [-0.3, -0.25) is 0 Å². The molecule has 17 heavy (non-hydrogen) atoms. The predicted octanol–water partition coefficient (Wildman–Crippen LogP) is 4.20. The van der Waals surface area contributed by atoms with Crippen molar-refractivity contribution in [3.05, 3.63) is 28.8 Å². The first kappa shape index (κ1) is 12.3. The number of anilines is 1. The summed E-state index contributed by atoms with van der Waals surface area (Å²) in [7, 11) is 0. The fraction of sp³-hybridized carbons (Fsp3) is 0.500. The molecule has 0 aromatic heterocycles. The molecule has 2 unspecified atom stereocenters. The van der Waals surface area contributed by atoms with Gasteiger partial charge in [0.25, 0.3) is 0 Å². The van der Waals surface area contributed by atoms with Crippen molar-refractivity contribution in [2.45, 2.75) is 38.6 Å². The third kappa shape index (κ3) is 2.73. The predicted molar refractivity (Wildman–Crippen MR) is 71.2 cm³/mol. The van der Waals surface area contributed by atoms with Gasteiger partial charge in [-0.2, -0.15) is 5.26 Å². The molecular weight excluding hydrogens is 232 g/mol. The molecule has 1 aromatic carbocycles. The number of hydrogen-bond acceptors (Lipinski definition) is 2. The van der Waals surface area contributed by atoms with Crippen molar-refractivity contribution in [2.75, 3.05) is 5.32 Å². The Labute approximate surface area is 108 Å². The molecule has 0 radical (unpaired) electrons. The van der Waals surface area contributed by atoms with Gasteiger partial charge in [-0.05, 0) is 37.0 Å². The minimum absolute atomic E-state index is 0.525.